The minimum absolute atomic E-state index is 0.505. The molecule has 0 unspecified atom stereocenters. The highest BCUT2D eigenvalue weighted by atomic mass is 35.5. The van der Waals surface area contributed by atoms with Crippen LogP contribution < -0.4 is 4.74 Å². The molecule has 4 heteroatoms. The maximum absolute atomic E-state index is 5.97. The molecule has 0 aliphatic carbocycles. The van der Waals surface area contributed by atoms with Gasteiger partial charge in [0.1, 0.15) is 16.7 Å². The van der Waals surface area contributed by atoms with Crippen molar-refractivity contribution in [3.63, 3.8) is 0 Å². The fourth-order valence-corrected chi connectivity index (χ4v) is 1.93. The number of aromatic nitrogens is 2. The van der Waals surface area contributed by atoms with Gasteiger partial charge in [-0.05, 0) is 30.2 Å². The Morgan fingerprint density at radius 2 is 1.89 bits per heavy atom. The van der Waals surface area contributed by atoms with Crippen LogP contribution in [-0.4, -0.2) is 17.1 Å². The smallest absolute Gasteiger partial charge is 0.134 e. The Morgan fingerprint density at radius 1 is 1.17 bits per heavy atom. The van der Waals surface area contributed by atoms with E-state index in [1.165, 1.54) is 0 Å². The second-order valence-corrected chi connectivity index (χ2v) is 4.36. The van der Waals surface area contributed by atoms with E-state index in [1.54, 1.807) is 13.2 Å². The zero-order valence-electron chi connectivity index (χ0n) is 10.5. The lowest BCUT2D eigenvalue weighted by molar-refractivity contribution is 0.414. The topological polar surface area (TPSA) is 35.0 Å². The molecule has 94 valence electrons. The standard InChI is InChI=1S/C14H15ClN2O/c1-3-11-9-13(15)17-14(16-11)8-10-4-6-12(18-2)7-5-10/h4-7,9H,3,8H2,1-2H3. The van der Waals surface area contributed by atoms with Crippen LogP contribution in [0.5, 0.6) is 5.75 Å². The van der Waals surface area contributed by atoms with E-state index in [-0.39, 0.29) is 0 Å². The average molecular weight is 263 g/mol. The largest absolute Gasteiger partial charge is 0.497 e. The summed E-state index contributed by atoms with van der Waals surface area (Å²) >= 11 is 5.97. The number of ether oxygens (including phenoxy) is 1. The van der Waals surface area contributed by atoms with Crippen LogP contribution in [0.3, 0.4) is 0 Å². The van der Waals surface area contributed by atoms with Gasteiger partial charge in [0.25, 0.3) is 0 Å². The van der Waals surface area contributed by atoms with Crippen LogP contribution >= 0.6 is 11.6 Å². The molecule has 2 rings (SSSR count). The Labute approximate surface area is 112 Å². The monoisotopic (exact) mass is 262 g/mol. The summed E-state index contributed by atoms with van der Waals surface area (Å²) in [4.78, 5) is 8.71. The Balaban J connectivity index is 2.19. The Morgan fingerprint density at radius 3 is 2.50 bits per heavy atom. The molecule has 2 aromatic rings. The predicted molar refractivity (Wildman–Crippen MR) is 72.2 cm³/mol. The summed E-state index contributed by atoms with van der Waals surface area (Å²) in [5, 5.41) is 0.505. The van der Waals surface area contributed by atoms with Crippen molar-refractivity contribution in [3.8, 4) is 5.75 Å². The summed E-state index contributed by atoms with van der Waals surface area (Å²) in [5.74, 6) is 1.60. The first-order valence-electron chi connectivity index (χ1n) is 5.86. The van der Waals surface area contributed by atoms with Gasteiger partial charge < -0.3 is 4.74 Å². The van der Waals surface area contributed by atoms with Crippen molar-refractivity contribution in [1.29, 1.82) is 0 Å². The molecule has 3 nitrogen and oxygen atoms in total. The quantitative estimate of drug-likeness (QED) is 0.793. The van der Waals surface area contributed by atoms with Crippen LogP contribution in [0.15, 0.2) is 30.3 Å². The zero-order valence-corrected chi connectivity index (χ0v) is 11.2. The molecule has 0 aliphatic heterocycles. The minimum Gasteiger partial charge on any atom is -0.497 e. The molecule has 0 fully saturated rings. The van der Waals surface area contributed by atoms with E-state index in [4.69, 9.17) is 16.3 Å². The third kappa shape index (κ3) is 3.20. The van der Waals surface area contributed by atoms with Crippen molar-refractivity contribution in [2.45, 2.75) is 19.8 Å². The number of halogens is 1. The molecule has 0 spiro atoms. The second-order valence-electron chi connectivity index (χ2n) is 3.98. The Hall–Kier alpha value is -1.61. The van der Waals surface area contributed by atoms with E-state index in [0.717, 1.165) is 29.3 Å². The highest BCUT2D eigenvalue weighted by Gasteiger charge is 2.04. The van der Waals surface area contributed by atoms with Crippen LogP contribution in [0, 0.1) is 0 Å². The first-order chi connectivity index (χ1) is 8.71. The fourth-order valence-electron chi connectivity index (χ4n) is 1.70. The van der Waals surface area contributed by atoms with E-state index in [2.05, 4.69) is 16.9 Å². The zero-order chi connectivity index (χ0) is 13.0. The maximum Gasteiger partial charge on any atom is 0.134 e. The van der Waals surface area contributed by atoms with Gasteiger partial charge in [0.2, 0.25) is 0 Å². The molecular weight excluding hydrogens is 248 g/mol. The van der Waals surface area contributed by atoms with E-state index < -0.39 is 0 Å². The number of hydrogen-bond acceptors (Lipinski definition) is 3. The van der Waals surface area contributed by atoms with Crippen molar-refractivity contribution in [2.24, 2.45) is 0 Å². The van der Waals surface area contributed by atoms with Gasteiger partial charge in [-0.25, -0.2) is 9.97 Å². The lowest BCUT2D eigenvalue weighted by Crippen LogP contribution is -2.00. The predicted octanol–water partition coefficient (Wildman–Crippen LogP) is 3.29. The van der Waals surface area contributed by atoms with Crippen molar-refractivity contribution in [2.75, 3.05) is 7.11 Å². The Kier molecular flexibility index (Phi) is 4.15. The summed E-state index contributed by atoms with van der Waals surface area (Å²) in [6.07, 6.45) is 1.54. The molecule has 18 heavy (non-hydrogen) atoms. The van der Waals surface area contributed by atoms with Crippen LogP contribution in [-0.2, 0) is 12.8 Å². The second kappa shape index (κ2) is 5.83. The Bertz CT molecular complexity index is 526. The highest BCUT2D eigenvalue weighted by molar-refractivity contribution is 6.29. The van der Waals surface area contributed by atoms with Crippen molar-refractivity contribution in [1.82, 2.24) is 9.97 Å². The van der Waals surface area contributed by atoms with Gasteiger partial charge in [-0.1, -0.05) is 30.7 Å². The number of aryl methyl sites for hydroxylation is 1. The lowest BCUT2D eigenvalue weighted by atomic mass is 10.1. The number of nitrogens with zero attached hydrogens (tertiary/aromatic N) is 2. The van der Waals surface area contributed by atoms with E-state index in [1.807, 2.05) is 24.3 Å². The molecule has 0 atom stereocenters. The molecule has 0 bridgehead atoms. The normalized spacial score (nSPS) is 10.4. The number of benzene rings is 1. The maximum atomic E-state index is 5.97. The van der Waals surface area contributed by atoms with E-state index >= 15 is 0 Å². The van der Waals surface area contributed by atoms with Crippen molar-refractivity contribution in [3.05, 3.63) is 52.6 Å². The summed E-state index contributed by atoms with van der Waals surface area (Å²) in [6, 6.07) is 9.68. The molecule has 0 amide bonds. The summed E-state index contributed by atoms with van der Waals surface area (Å²) < 4.78 is 5.12. The highest BCUT2D eigenvalue weighted by Crippen LogP contribution is 2.15. The van der Waals surface area contributed by atoms with Crippen LogP contribution in [0.4, 0.5) is 0 Å². The van der Waals surface area contributed by atoms with Gasteiger partial charge in [-0.15, -0.1) is 0 Å². The van der Waals surface area contributed by atoms with Gasteiger partial charge in [0.15, 0.2) is 0 Å². The van der Waals surface area contributed by atoms with Gasteiger partial charge in [0, 0.05) is 12.1 Å². The van der Waals surface area contributed by atoms with Crippen LogP contribution in [0.25, 0.3) is 0 Å². The first-order valence-corrected chi connectivity index (χ1v) is 6.24. The molecule has 0 N–H and O–H groups in total. The molecular formula is C14H15ClN2O. The van der Waals surface area contributed by atoms with Crippen LogP contribution in [0.1, 0.15) is 24.0 Å². The third-order valence-electron chi connectivity index (χ3n) is 2.68. The van der Waals surface area contributed by atoms with Gasteiger partial charge in [-0.3, -0.25) is 0 Å². The summed E-state index contributed by atoms with van der Waals surface area (Å²) in [7, 11) is 1.66. The number of rotatable bonds is 4. The average Bonchev–Trinajstić information content (AvgIpc) is 2.39. The molecule has 0 radical (unpaired) electrons. The molecule has 1 heterocycles. The lowest BCUT2D eigenvalue weighted by Gasteiger charge is -2.05. The molecule has 0 saturated carbocycles. The fraction of sp³-hybridized carbons (Fsp3) is 0.286. The SMILES string of the molecule is CCc1cc(Cl)nc(Cc2ccc(OC)cc2)n1. The molecule has 1 aromatic carbocycles. The van der Waals surface area contributed by atoms with Crippen molar-refractivity contribution >= 4 is 11.6 Å². The van der Waals surface area contributed by atoms with E-state index in [9.17, 15) is 0 Å². The first kappa shape index (κ1) is 12.8. The summed E-state index contributed by atoms with van der Waals surface area (Å²) in [6.45, 7) is 2.05. The number of methoxy groups -OCH3 is 1. The van der Waals surface area contributed by atoms with Gasteiger partial charge in [-0.2, -0.15) is 0 Å². The van der Waals surface area contributed by atoms with Gasteiger partial charge >= 0.3 is 0 Å². The summed E-state index contributed by atoms with van der Waals surface area (Å²) in [5.41, 5.74) is 2.11. The molecule has 0 saturated heterocycles. The minimum atomic E-state index is 0.505. The molecule has 0 aliphatic rings. The van der Waals surface area contributed by atoms with Crippen molar-refractivity contribution < 1.29 is 4.74 Å². The van der Waals surface area contributed by atoms with E-state index in [0.29, 0.717) is 11.6 Å². The number of hydrogen-bond donors (Lipinski definition) is 0. The van der Waals surface area contributed by atoms with Crippen LogP contribution in [0.2, 0.25) is 5.15 Å². The molecule has 1 aromatic heterocycles. The van der Waals surface area contributed by atoms with Gasteiger partial charge in [0.05, 0.1) is 7.11 Å². The third-order valence-corrected chi connectivity index (χ3v) is 2.87.